The second kappa shape index (κ2) is 4.38. The SMILES string of the molecule is C=CCC(O)C(=O)C1CCCO1. The fraction of sp³-hybridized carbons (Fsp3) is 0.667. The molecule has 1 saturated heterocycles. The summed E-state index contributed by atoms with van der Waals surface area (Å²) in [5.74, 6) is -0.201. The number of carbonyl (C=O) groups is 1. The average molecular weight is 170 g/mol. The summed E-state index contributed by atoms with van der Waals surface area (Å²) in [5, 5.41) is 9.28. The van der Waals surface area contributed by atoms with Gasteiger partial charge in [-0.05, 0) is 19.3 Å². The van der Waals surface area contributed by atoms with E-state index in [0.717, 1.165) is 12.8 Å². The highest BCUT2D eigenvalue weighted by atomic mass is 16.5. The maximum Gasteiger partial charge on any atom is 0.190 e. The minimum atomic E-state index is -0.925. The molecule has 3 nitrogen and oxygen atoms in total. The minimum absolute atomic E-state index is 0.201. The third-order valence-electron chi connectivity index (χ3n) is 1.97. The van der Waals surface area contributed by atoms with Gasteiger partial charge >= 0.3 is 0 Å². The lowest BCUT2D eigenvalue weighted by Gasteiger charge is -2.11. The minimum Gasteiger partial charge on any atom is -0.385 e. The molecule has 0 aliphatic carbocycles. The predicted molar refractivity (Wildman–Crippen MR) is 44.8 cm³/mol. The van der Waals surface area contributed by atoms with Gasteiger partial charge in [-0.25, -0.2) is 0 Å². The molecule has 1 aliphatic rings. The summed E-state index contributed by atoms with van der Waals surface area (Å²) in [7, 11) is 0. The highest BCUT2D eigenvalue weighted by Crippen LogP contribution is 2.15. The second-order valence-electron chi connectivity index (χ2n) is 2.94. The Kier molecular flexibility index (Phi) is 3.44. The number of aliphatic hydroxyl groups is 1. The molecule has 3 heteroatoms. The van der Waals surface area contributed by atoms with E-state index in [0.29, 0.717) is 13.0 Å². The van der Waals surface area contributed by atoms with E-state index < -0.39 is 6.10 Å². The van der Waals surface area contributed by atoms with Gasteiger partial charge in [0.1, 0.15) is 12.2 Å². The Bertz CT molecular complexity index is 171. The summed E-state index contributed by atoms with van der Waals surface area (Å²) in [4.78, 5) is 11.3. The fourth-order valence-electron chi connectivity index (χ4n) is 1.29. The van der Waals surface area contributed by atoms with Crippen LogP contribution < -0.4 is 0 Å². The van der Waals surface area contributed by atoms with Crippen molar-refractivity contribution >= 4 is 5.78 Å². The summed E-state index contributed by atoms with van der Waals surface area (Å²) >= 11 is 0. The molecule has 0 spiro atoms. The van der Waals surface area contributed by atoms with Crippen LogP contribution in [0.2, 0.25) is 0 Å². The third-order valence-corrected chi connectivity index (χ3v) is 1.97. The number of hydrogen-bond acceptors (Lipinski definition) is 3. The summed E-state index contributed by atoms with van der Waals surface area (Å²) in [6.45, 7) is 4.09. The van der Waals surface area contributed by atoms with Crippen molar-refractivity contribution in [2.24, 2.45) is 0 Å². The van der Waals surface area contributed by atoms with Gasteiger partial charge in [-0.15, -0.1) is 6.58 Å². The van der Waals surface area contributed by atoms with E-state index in [1.165, 1.54) is 6.08 Å². The number of ketones is 1. The second-order valence-corrected chi connectivity index (χ2v) is 2.94. The highest BCUT2D eigenvalue weighted by molar-refractivity contribution is 5.87. The highest BCUT2D eigenvalue weighted by Gasteiger charge is 2.27. The normalized spacial score (nSPS) is 25.2. The largest absolute Gasteiger partial charge is 0.385 e. The first-order valence-corrected chi connectivity index (χ1v) is 4.20. The number of carbonyl (C=O) groups excluding carboxylic acids is 1. The summed E-state index contributed by atoms with van der Waals surface area (Å²) < 4.78 is 5.14. The van der Waals surface area contributed by atoms with Gasteiger partial charge in [-0.1, -0.05) is 6.08 Å². The van der Waals surface area contributed by atoms with Crippen LogP contribution in [0.4, 0.5) is 0 Å². The molecule has 1 aliphatic heterocycles. The molecule has 1 N–H and O–H groups in total. The molecule has 0 aromatic carbocycles. The van der Waals surface area contributed by atoms with Crippen LogP contribution >= 0.6 is 0 Å². The van der Waals surface area contributed by atoms with Crippen LogP contribution in [-0.4, -0.2) is 29.7 Å². The van der Waals surface area contributed by atoms with Gasteiger partial charge in [0, 0.05) is 6.61 Å². The quantitative estimate of drug-likeness (QED) is 0.631. The molecule has 0 amide bonds. The van der Waals surface area contributed by atoms with Gasteiger partial charge in [0.05, 0.1) is 0 Å². The molecule has 2 atom stereocenters. The lowest BCUT2D eigenvalue weighted by atomic mass is 10.1. The van der Waals surface area contributed by atoms with Crippen LogP contribution in [0.3, 0.4) is 0 Å². The van der Waals surface area contributed by atoms with Gasteiger partial charge < -0.3 is 9.84 Å². The number of rotatable bonds is 4. The number of Topliss-reactive ketones (excluding diaryl/α,β-unsaturated/α-hetero) is 1. The van der Waals surface area contributed by atoms with Gasteiger partial charge in [0.15, 0.2) is 5.78 Å². The Balaban J connectivity index is 2.39. The van der Waals surface area contributed by atoms with Crippen LogP contribution in [0.25, 0.3) is 0 Å². The Labute approximate surface area is 72.0 Å². The van der Waals surface area contributed by atoms with Crippen LogP contribution in [0.5, 0.6) is 0 Å². The van der Waals surface area contributed by atoms with E-state index in [4.69, 9.17) is 4.74 Å². The monoisotopic (exact) mass is 170 g/mol. The number of aliphatic hydroxyl groups excluding tert-OH is 1. The van der Waals surface area contributed by atoms with Crippen molar-refractivity contribution in [2.45, 2.75) is 31.5 Å². The Hall–Kier alpha value is -0.670. The molecule has 2 unspecified atom stereocenters. The van der Waals surface area contributed by atoms with Crippen LogP contribution in [0, 0.1) is 0 Å². The van der Waals surface area contributed by atoms with Crippen molar-refractivity contribution in [3.05, 3.63) is 12.7 Å². The fourth-order valence-corrected chi connectivity index (χ4v) is 1.29. The van der Waals surface area contributed by atoms with E-state index in [-0.39, 0.29) is 11.9 Å². The lowest BCUT2D eigenvalue weighted by molar-refractivity contribution is -0.136. The van der Waals surface area contributed by atoms with E-state index >= 15 is 0 Å². The smallest absolute Gasteiger partial charge is 0.190 e. The van der Waals surface area contributed by atoms with Crippen molar-refractivity contribution in [1.29, 1.82) is 0 Å². The molecular formula is C9H14O3. The Morgan fingerprint density at radius 1 is 1.83 bits per heavy atom. The first-order chi connectivity index (χ1) is 5.75. The summed E-state index contributed by atoms with van der Waals surface area (Å²) in [6.07, 6.45) is 2.21. The van der Waals surface area contributed by atoms with Crippen molar-refractivity contribution in [3.63, 3.8) is 0 Å². The van der Waals surface area contributed by atoms with Gasteiger partial charge in [-0.2, -0.15) is 0 Å². The zero-order valence-corrected chi connectivity index (χ0v) is 7.03. The van der Waals surface area contributed by atoms with E-state index in [1.807, 2.05) is 0 Å². The topological polar surface area (TPSA) is 46.5 Å². The zero-order chi connectivity index (χ0) is 8.97. The number of hydrogen-bond donors (Lipinski definition) is 1. The molecular weight excluding hydrogens is 156 g/mol. The summed E-state index contributed by atoms with van der Waals surface area (Å²) in [5.41, 5.74) is 0. The van der Waals surface area contributed by atoms with Crippen molar-refractivity contribution in [2.75, 3.05) is 6.61 Å². The van der Waals surface area contributed by atoms with Crippen molar-refractivity contribution in [3.8, 4) is 0 Å². The van der Waals surface area contributed by atoms with E-state index in [9.17, 15) is 9.90 Å². The molecule has 0 aromatic rings. The lowest BCUT2D eigenvalue weighted by Crippen LogP contribution is -2.31. The van der Waals surface area contributed by atoms with Gasteiger partial charge in [-0.3, -0.25) is 4.79 Å². The standard InChI is InChI=1S/C9H14O3/c1-2-4-7(10)9(11)8-5-3-6-12-8/h2,7-8,10H,1,3-6H2. The summed E-state index contributed by atoms with van der Waals surface area (Å²) in [6, 6.07) is 0. The first-order valence-electron chi connectivity index (χ1n) is 4.20. The molecule has 0 aromatic heterocycles. The van der Waals surface area contributed by atoms with Crippen LogP contribution in [0.1, 0.15) is 19.3 Å². The Morgan fingerprint density at radius 3 is 3.08 bits per heavy atom. The van der Waals surface area contributed by atoms with E-state index in [1.54, 1.807) is 0 Å². The molecule has 12 heavy (non-hydrogen) atoms. The molecule has 1 rings (SSSR count). The molecule has 1 fully saturated rings. The van der Waals surface area contributed by atoms with E-state index in [2.05, 4.69) is 6.58 Å². The average Bonchev–Trinajstić information content (AvgIpc) is 2.55. The maximum atomic E-state index is 11.3. The third kappa shape index (κ3) is 2.16. The van der Waals surface area contributed by atoms with Crippen LogP contribution in [0.15, 0.2) is 12.7 Å². The molecule has 0 saturated carbocycles. The Morgan fingerprint density at radius 2 is 2.58 bits per heavy atom. The van der Waals surface area contributed by atoms with Crippen molar-refractivity contribution in [1.82, 2.24) is 0 Å². The van der Waals surface area contributed by atoms with Crippen LogP contribution in [-0.2, 0) is 9.53 Å². The molecule has 0 bridgehead atoms. The van der Waals surface area contributed by atoms with Crippen molar-refractivity contribution < 1.29 is 14.6 Å². The predicted octanol–water partition coefficient (Wildman–Crippen LogP) is 0.671. The molecule has 1 heterocycles. The zero-order valence-electron chi connectivity index (χ0n) is 7.03. The van der Waals surface area contributed by atoms with Gasteiger partial charge in [0.25, 0.3) is 0 Å². The molecule has 68 valence electrons. The molecule has 0 radical (unpaired) electrons. The first kappa shape index (κ1) is 9.42. The maximum absolute atomic E-state index is 11.3. The number of ether oxygens (including phenoxy) is 1. The van der Waals surface area contributed by atoms with Gasteiger partial charge in [0.2, 0.25) is 0 Å².